The molecule has 3 rings (SSSR count). The van der Waals surface area contributed by atoms with E-state index in [9.17, 15) is 18.4 Å². The maximum Gasteiger partial charge on any atom is 0.511 e. The standard InChI is InChI=1S/C17H15F2NO5/c1-3-5-10-11(4-2)24-16-13(19)9(18)6-8-14(16)20(10)7-12(15(8)21)25-17(22)23/h6-7H,3-5H2,1-2H3,(H,22,23). The summed E-state index contributed by atoms with van der Waals surface area (Å²) in [4.78, 5) is 23.3. The van der Waals surface area contributed by atoms with Gasteiger partial charge >= 0.3 is 6.16 Å². The molecule has 1 N–H and O–H groups in total. The molecule has 0 spiro atoms. The number of allylic oxidation sites excluding steroid dienone is 2. The van der Waals surface area contributed by atoms with Gasteiger partial charge in [0.05, 0.1) is 17.3 Å². The van der Waals surface area contributed by atoms with Crippen molar-refractivity contribution in [2.24, 2.45) is 0 Å². The van der Waals surface area contributed by atoms with Gasteiger partial charge in [0.25, 0.3) is 0 Å². The number of carboxylic acid groups (broad SMARTS) is 1. The predicted molar refractivity (Wildman–Crippen MR) is 85.8 cm³/mol. The quantitative estimate of drug-likeness (QED) is 0.839. The number of pyridine rings is 1. The number of ether oxygens (including phenoxy) is 2. The highest BCUT2D eigenvalue weighted by Gasteiger charge is 2.28. The molecular weight excluding hydrogens is 336 g/mol. The minimum Gasteiger partial charge on any atom is -0.454 e. The minimum atomic E-state index is -1.67. The number of carbonyl (C=O) groups is 1. The second-order valence-corrected chi connectivity index (χ2v) is 5.53. The van der Waals surface area contributed by atoms with Crippen LogP contribution in [0.2, 0.25) is 0 Å². The molecule has 0 aliphatic carbocycles. The molecule has 0 saturated heterocycles. The number of nitrogens with zero attached hydrogens (tertiary/aromatic N) is 1. The Morgan fingerprint density at radius 2 is 2.08 bits per heavy atom. The molecule has 0 unspecified atom stereocenters. The Morgan fingerprint density at radius 1 is 1.36 bits per heavy atom. The maximum atomic E-state index is 14.2. The van der Waals surface area contributed by atoms with Crippen LogP contribution >= 0.6 is 0 Å². The van der Waals surface area contributed by atoms with Crippen LogP contribution in [0.1, 0.15) is 33.1 Å². The van der Waals surface area contributed by atoms with Gasteiger partial charge in [0.2, 0.25) is 11.2 Å². The summed E-state index contributed by atoms with van der Waals surface area (Å²) < 4.78 is 39.7. The van der Waals surface area contributed by atoms with Gasteiger partial charge in [0.1, 0.15) is 11.3 Å². The zero-order valence-electron chi connectivity index (χ0n) is 13.6. The van der Waals surface area contributed by atoms with Gasteiger partial charge in [-0.1, -0.05) is 20.3 Å². The molecule has 0 amide bonds. The molecule has 0 radical (unpaired) electrons. The van der Waals surface area contributed by atoms with Crippen LogP contribution in [0.5, 0.6) is 11.5 Å². The third-order valence-electron chi connectivity index (χ3n) is 3.95. The van der Waals surface area contributed by atoms with Crippen molar-refractivity contribution in [3.05, 3.63) is 39.9 Å². The van der Waals surface area contributed by atoms with E-state index >= 15 is 0 Å². The molecule has 0 fully saturated rings. The Hall–Kier alpha value is -2.90. The summed E-state index contributed by atoms with van der Waals surface area (Å²) in [6.07, 6.45) is 1.18. The molecule has 25 heavy (non-hydrogen) atoms. The Bertz CT molecular complexity index is 977. The highest BCUT2D eigenvalue weighted by molar-refractivity contribution is 5.91. The van der Waals surface area contributed by atoms with E-state index in [1.54, 1.807) is 6.92 Å². The second-order valence-electron chi connectivity index (χ2n) is 5.53. The van der Waals surface area contributed by atoms with Crippen molar-refractivity contribution in [3.63, 3.8) is 0 Å². The lowest BCUT2D eigenvalue weighted by Crippen LogP contribution is -2.21. The summed E-state index contributed by atoms with van der Waals surface area (Å²) in [6, 6.07) is 0.728. The molecule has 1 aromatic carbocycles. The topological polar surface area (TPSA) is 77.8 Å². The lowest BCUT2D eigenvalue weighted by molar-refractivity contribution is 0.144. The van der Waals surface area contributed by atoms with E-state index in [2.05, 4.69) is 4.74 Å². The largest absolute Gasteiger partial charge is 0.511 e. The highest BCUT2D eigenvalue weighted by atomic mass is 19.2. The van der Waals surface area contributed by atoms with E-state index in [-0.39, 0.29) is 16.7 Å². The van der Waals surface area contributed by atoms with Gasteiger partial charge in [-0.3, -0.25) is 4.79 Å². The average Bonchev–Trinajstić information content (AvgIpc) is 2.57. The Labute approximate surface area is 140 Å². The predicted octanol–water partition coefficient (Wildman–Crippen LogP) is 4.11. The average molecular weight is 351 g/mol. The molecule has 2 heterocycles. The molecule has 0 saturated carbocycles. The maximum absolute atomic E-state index is 14.2. The fourth-order valence-electron chi connectivity index (χ4n) is 2.94. The first kappa shape index (κ1) is 16.9. The van der Waals surface area contributed by atoms with Crippen LogP contribution in [0.15, 0.2) is 22.8 Å². The molecule has 0 bridgehead atoms. The number of hydrogen-bond acceptors (Lipinski definition) is 4. The Kier molecular flexibility index (Phi) is 4.20. The van der Waals surface area contributed by atoms with Crippen LogP contribution in [0.3, 0.4) is 0 Å². The number of aromatic nitrogens is 1. The summed E-state index contributed by atoms with van der Waals surface area (Å²) in [5.41, 5.74) is -0.153. The Balaban J connectivity index is 2.45. The minimum absolute atomic E-state index is 0.0577. The summed E-state index contributed by atoms with van der Waals surface area (Å²) in [6.45, 7) is 3.72. The third-order valence-corrected chi connectivity index (χ3v) is 3.95. The molecule has 6 nitrogen and oxygen atoms in total. The van der Waals surface area contributed by atoms with Crippen LogP contribution in [-0.2, 0) is 0 Å². The smallest absolute Gasteiger partial charge is 0.454 e. The Morgan fingerprint density at radius 3 is 2.68 bits per heavy atom. The SMILES string of the molecule is CCCC1=C(CC)Oc2c(F)c(F)cc3c(=O)c(OC(=O)O)cn1c23. The van der Waals surface area contributed by atoms with Crippen molar-refractivity contribution in [2.75, 3.05) is 0 Å². The second kappa shape index (κ2) is 6.19. The van der Waals surface area contributed by atoms with Crippen molar-refractivity contribution in [1.82, 2.24) is 4.57 Å². The van der Waals surface area contributed by atoms with Crippen molar-refractivity contribution in [1.29, 1.82) is 0 Å². The number of benzene rings is 1. The zero-order chi connectivity index (χ0) is 18.3. The van der Waals surface area contributed by atoms with Crippen LogP contribution in [-0.4, -0.2) is 15.8 Å². The van der Waals surface area contributed by atoms with E-state index in [4.69, 9.17) is 9.84 Å². The van der Waals surface area contributed by atoms with Crippen LogP contribution in [0.4, 0.5) is 13.6 Å². The van der Waals surface area contributed by atoms with E-state index in [0.29, 0.717) is 24.3 Å². The number of hydrogen-bond donors (Lipinski definition) is 1. The van der Waals surface area contributed by atoms with E-state index < -0.39 is 29.0 Å². The summed E-state index contributed by atoms with van der Waals surface area (Å²) in [5.74, 6) is -2.90. The summed E-state index contributed by atoms with van der Waals surface area (Å²) >= 11 is 0. The fourth-order valence-corrected chi connectivity index (χ4v) is 2.94. The van der Waals surface area contributed by atoms with Gasteiger partial charge in [0.15, 0.2) is 17.3 Å². The summed E-state index contributed by atoms with van der Waals surface area (Å²) in [7, 11) is 0. The van der Waals surface area contributed by atoms with Crippen molar-refractivity contribution < 1.29 is 28.2 Å². The molecular formula is C17H15F2NO5. The van der Waals surface area contributed by atoms with Crippen LogP contribution in [0.25, 0.3) is 16.6 Å². The first-order chi connectivity index (χ1) is 11.9. The van der Waals surface area contributed by atoms with Crippen molar-refractivity contribution in [3.8, 4) is 11.5 Å². The lowest BCUT2D eigenvalue weighted by atomic mass is 10.1. The van der Waals surface area contributed by atoms with Gasteiger partial charge in [0, 0.05) is 6.42 Å². The zero-order valence-corrected chi connectivity index (χ0v) is 13.6. The van der Waals surface area contributed by atoms with E-state index in [1.807, 2.05) is 6.92 Å². The van der Waals surface area contributed by atoms with Gasteiger partial charge in [-0.05, 0) is 12.5 Å². The van der Waals surface area contributed by atoms with Gasteiger partial charge in [-0.15, -0.1) is 0 Å². The molecule has 8 heteroatoms. The van der Waals surface area contributed by atoms with Gasteiger partial charge < -0.3 is 19.1 Å². The summed E-state index contributed by atoms with van der Waals surface area (Å²) in [5, 5.41) is 8.61. The molecule has 1 aliphatic rings. The molecule has 2 aromatic rings. The van der Waals surface area contributed by atoms with Crippen molar-refractivity contribution >= 4 is 22.8 Å². The fraction of sp³-hybridized carbons (Fsp3) is 0.294. The first-order valence-corrected chi connectivity index (χ1v) is 7.77. The molecule has 132 valence electrons. The number of rotatable bonds is 4. The monoisotopic (exact) mass is 351 g/mol. The third kappa shape index (κ3) is 2.63. The molecule has 1 aliphatic heterocycles. The van der Waals surface area contributed by atoms with Gasteiger partial charge in [-0.25, -0.2) is 9.18 Å². The molecule has 1 aromatic heterocycles. The lowest BCUT2D eigenvalue weighted by Gasteiger charge is -2.26. The highest BCUT2D eigenvalue weighted by Crippen LogP contribution is 2.39. The van der Waals surface area contributed by atoms with E-state index in [1.165, 1.54) is 10.8 Å². The normalized spacial score (nSPS) is 13.1. The first-order valence-electron chi connectivity index (χ1n) is 7.77. The number of halogens is 2. The van der Waals surface area contributed by atoms with E-state index in [0.717, 1.165) is 12.5 Å². The van der Waals surface area contributed by atoms with Crippen LogP contribution in [0, 0.1) is 11.6 Å². The van der Waals surface area contributed by atoms with Crippen molar-refractivity contribution in [2.45, 2.75) is 33.1 Å². The van der Waals surface area contributed by atoms with Crippen LogP contribution < -0.4 is 14.9 Å². The molecule has 0 atom stereocenters. The van der Waals surface area contributed by atoms with Gasteiger partial charge in [-0.2, -0.15) is 4.39 Å².